The van der Waals surface area contributed by atoms with Crippen molar-refractivity contribution < 1.29 is 14.6 Å². The number of carbonyl (C=O) groups excluding carboxylic acids is 1. The minimum atomic E-state index is -0.272. The molecule has 2 unspecified atom stereocenters. The lowest BCUT2D eigenvalue weighted by Crippen LogP contribution is -2.40. The van der Waals surface area contributed by atoms with Crippen LogP contribution in [0, 0.1) is 5.92 Å². The molecule has 1 aromatic rings. The Balaban J connectivity index is 1.87. The third kappa shape index (κ3) is 4.91. The third-order valence-corrected chi connectivity index (χ3v) is 4.20. The van der Waals surface area contributed by atoms with Crippen LogP contribution in [0.15, 0.2) is 24.3 Å². The number of carbonyl (C=O) groups is 1. The van der Waals surface area contributed by atoms with Crippen molar-refractivity contribution in [2.75, 3.05) is 11.9 Å². The van der Waals surface area contributed by atoms with Crippen LogP contribution >= 0.6 is 0 Å². The Kier molecular flexibility index (Phi) is 6.07. The van der Waals surface area contributed by atoms with Gasteiger partial charge in [-0.05, 0) is 50.7 Å². The molecule has 2 rings (SSSR count). The molecule has 5 nitrogen and oxygen atoms in total. The van der Waals surface area contributed by atoms with Gasteiger partial charge in [0.05, 0.1) is 6.10 Å². The van der Waals surface area contributed by atoms with Crippen LogP contribution in [-0.4, -0.2) is 29.9 Å². The van der Waals surface area contributed by atoms with Crippen molar-refractivity contribution in [3.05, 3.63) is 24.3 Å². The van der Waals surface area contributed by atoms with E-state index in [9.17, 15) is 4.79 Å². The van der Waals surface area contributed by atoms with E-state index in [0.29, 0.717) is 11.8 Å². The van der Waals surface area contributed by atoms with Crippen molar-refractivity contribution in [3.63, 3.8) is 0 Å². The highest BCUT2D eigenvalue weighted by atomic mass is 16.5. The molecule has 122 valence electrons. The maximum Gasteiger partial charge on any atom is 0.319 e. The molecule has 1 saturated carbocycles. The molecule has 0 spiro atoms. The number of aliphatic hydroxyl groups is 1. The molecule has 3 N–H and O–H groups in total. The first-order valence-electron chi connectivity index (χ1n) is 8.03. The number of nitrogens with one attached hydrogen (secondary N) is 2. The van der Waals surface area contributed by atoms with E-state index >= 15 is 0 Å². The number of aliphatic hydroxyl groups excluding tert-OH is 1. The van der Waals surface area contributed by atoms with Crippen molar-refractivity contribution in [1.29, 1.82) is 0 Å². The lowest BCUT2D eigenvalue weighted by molar-refractivity contribution is 0.204. The van der Waals surface area contributed by atoms with Crippen molar-refractivity contribution in [1.82, 2.24) is 5.32 Å². The quantitative estimate of drug-likeness (QED) is 0.756. The Labute approximate surface area is 132 Å². The summed E-state index contributed by atoms with van der Waals surface area (Å²) in [6.45, 7) is 3.81. The standard InChI is InChI=1S/C17H26N2O3/c1-12(11-20)13(2)18-17(21)19-14-6-5-9-16(10-14)22-15-7-3-4-8-15/h5-6,9-10,12-13,15,20H,3-4,7-8,11H2,1-2H3,(H2,18,19,21). The second-order valence-corrected chi connectivity index (χ2v) is 6.10. The van der Waals surface area contributed by atoms with E-state index in [0.717, 1.165) is 18.6 Å². The summed E-state index contributed by atoms with van der Waals surface area (Å²) < 4.78 is 5.93. The molecule has 1 fully saturated rings. The van der Waals surface area contributed by atoms with Gasteiger partial charge in [0.25, 0.3) is 0 Å². The molecule has 1 aliphatic rings. The molecule has 0 radical (unpaired) electrons. The zero-order valence-corrected chi connectivity index (χ0v) is 13.3. The number of hydrogen-bond acceptors (Lipinski definition) is 3. The fourth-order valence-corrected chi connectivity index (χ4v) is 2.52. The molecular formula is C17H26N2O3. The van der Waals surface area contributed by atoms with Gasteiger partial charge < -0.3 is 20.5 Å². The molecule has 1 aliphatic carbocycles. The first-order chi connectivity index (χ1) is 10.6. The summed E-state index contributed by atoms with van der Waals surface area (Å²) in [6.07, 6.45) is 4.97. The topological polar surface area (TPSA) is 70.6 Å². The Morgan fingerprint density at radius 2 is 2.09 bits per heavy atom. The number of rotatable bonds is 6. The molecule has 0 heterocycles. The Morgan fingerprint density at radius 3 is 2.77 bits per heavy atom. The number of amides is 2. The Hall–Kier alpha value is -1.75. The lowest BCUT2D eigenvalue weighted by atomic mass is 10.1. The minimum absolute atomic E-state index is 0.0165. The van der Waals surface area contributed by atoms with Crippen molar-refractivity contribution >= 4 is 11.7 Å². The zero-order chi connectivity index (χ0) is 15.9. The highest BCUT2D eigenvalue weighted by Gasteiger charge is 2.17. The summed E-state index contributed by atoms with van der Waals surface area (Å²) in [4.78, 5) is 12.0. The summed E-state index contributed by atoms with van der Waals surface area (Å²) in [5, 5.41) is 14.7. The van der Waals surface area contributed by atoms with E-state index in [-0.39, 0.29) is 24.6 Å². The average molecular weight is 306 g/mol. The molecule has 2 amide bonds. The predicted molar refractivity (Wildman–Crippen MR) is 87.2 cm³/mol. The fraction of sp³-hybridized carbons (Fsp3) is 0.588. The van der Waals surface area contributed by atoms with E-state index in [1.165, 1.54) is 12.8 Å². The summed E-state index contributed by atoms with van der Waals surface area (Å²) in [6, 6.07) is 7.10. The molecule has 22 heavy (non-hydrogen) atoms. The highest BCUT2D eigenvalue weighted by molar-refractivity contribution is 5.89. The van der Waals surface area contributed by atoms with Crippen molar-refractivity contribution in [2.45, 2.75) is 51.7 Å². The van der Waals surface area contributed by atoms with Crippen LogP contribution < -0.4 is 15.4 Å². The summed E-state index contributed by atoms with van der Waals surface area (Å²) in [7, 11) is 0. The van der Waals surface area contributed by atoms with Crippen LogP contribution in [0.1, 0.15) is 39.5 Å². The summed E-state index contributed by atoms with van der Waals surface area (Å²) in [5.74, 6) is 0.809. The van der Waals surface area contributed by atoms with Crippen LogP contribution in [0.4, 0.5) is 10.5 Å². The number of ether oxygens (including phenoxy) is 1. The smallest absolute Gasteiger partial charge is 0.319 e. The molecular weight excluding hydrogens is 280 g/mol. The molecule has 0 aliphatic heterocycles. The normalized spacial score (nSPS) is 17.8. The number of hydrogen-bond donors (Lipinski definition) is 3. The number of anilines is 1. The molecule has 0 aromatic heterocycles. The van der Waals surface area contributed by atoms with Gasteiger partial charge in [-0.1, -0.05) is 13.0 Å². The van der Waals surface area contributed by atoms with Crippen molar-refractivity contribution in [3.8, 4) is 5.75 Å². The van der Waals surface area contributed by atoms with E-state index in [1.54, 1.807) is 0 Å². The first kappa shape index (κ1) is 16.6. The van der Waals surface area contributed by atoms with Gasteiger partial charge in [-0.15, -0.1) is 0 Å². The van der Waals surface area contributed by atoms with E-state index in [2.05, 4.69) is 10.6 Å². The lowest BCUT2D eigenvalue weighted by Gasteiger charge is -2.20. The van der Waals surface area contributed by atoms with Crippen LogP contribution in [0.25, 0.3) is 0 Å². The van der Waals surface area contributed by atoms with Crippen LogP contribution in [0.3, 0.4) is 0 Å². The Morgan fingerprint density at radius 1 is 1.36 bits per heavy atom. The molecule has 1 aromatic carbocycles. The van der Waals surface area contributed by atoms with Gasteiger partial charge in [-0.25, -0.2) is 4.79 Å². The van der Waals surface area contributed by atoms with E-state index in [1.807, 2.05) is 38.1 Å². The molecule has 2 atom stereocenters. The van der Waals surface area contributed by atoms with Crippen LogP contribution in [0.5, 0.6) is 5.75 Å². The van der Waals surface area contributed by atoms with E-state index < -0.39 is 0 Å². The maximum absolute atomic E-state index is 12.0. The Bertz CT molecular complexity index is 487. The molecule has 5 heteroatoms. The fourth-order valence-electron chi connectivity index (χ4n) is 2.52. The molecule has 0 bridgehead atoms. The van der Waals surface area contributed by atoms with Gasteiger partial charge >= 0.3 is 6.03 Å². The average Bonchev–Trinajstić information content (AvgIpc) is 2.99. The summed E-state index contributed by atoms with van der Waals surface area (Å²) >= 11 is 0. The van der Waals surface area contributed by atoms with Gasteiger partial charge in [0.1, 0.15) is 5.75 Å². The predicted octanol–water partition coefficient (Wildman–Crippen LogP) is 3.15. The summed E-state index contributed by atoms with van der Waals surface area (Å²) in [5.41, 5.74) is 0.705. The van der Waals surface area contributed by atoms with Crippen LogP contribution in [-0.2, 0) is 0 Å². The maximum atomic E-state index is 12.0. The second kappa shape index (κ2) is 8.03. The first-order valence-corrected chi connectivity index (χ1v) is 8.03. The van der Waals surface area contributed by atoms with Crippen LogP contribution in [0.2, 0.25) is 0 Å². The van der Waals surface area contributed by atoms with Crippen molar-refractivity contribution in [2.24, 2.45) is 5.92 Å². The zero-order valence-electron chi connectivity index (χ0n) is 13.3. The molecule has 0 saturated heterocycles. The second-order valence-electron chi connectivity index (χ2n) is 6.10. The van der Waals surface area contributed by atoms with E-state index in [4.69, 9.17) is 9.84 Å². The van der Waals surface area contributed by atoms with Gasteiger partial charge in [-0.3, -0.25) is 0 Å². The number of urea groups is 1. The monoisotopic (exact) mass is 306 g/mol. The van der Waals surface area contributed by atoms with Gasteiger partial charge in [0, 0.05) is 24.4 Å². The van der Waals surface area contributed by atoms with Gasteiger partial charge in [0.2, 0.25) is 0 Å². The largest absolute Gasteiger partial charge is 0.490 e. The van der Waals surface area contributed by atoms with Gasteiger partial charge in [-0.2, -0.15) is 0 Å². The minimum Gasteiger partial charge on any atom is -0.490 e. The van der Waals surface area contributed by atoms with Gasteiger partial charge in [0.15, 0.2) is 0 Å². The number of benzene rings is 1. The SMILES string of the molecule is CC(CO)C(C)NC(=O)Nc1cccc(OC2CCCC2)c1. The highest BCUT2D eigenvalue weighted by Crippen LogP contribution is 2.25. The third-order valence-electron chi connectivity index (χ3n) is 4.20.